The number of carbonyl (C=O) groups excluding carboxylic acids is 1. The number of ether oxygens (including phenoxy) is 3. The summed E-state index contributed by atoms with van der Waals surface area (Å²) in [6, 6.07) is 12.7. The van der Waals surface area contributed by atoms with Gasteiger partial charge in [0, 0.05) is 10.7 Å². The van der Waals surface area contributed by atoms with E-state index in [9.17, 15) is 4.79 Å². The van der Waals surface area contributed by atoms with Gasteiger partial charge in [-0.15, -0.1) is 5.10 Å². The molecule has 0 radical (unpaired) electrons. The third-order valence-corrected chi connectivity index (χ3v) is 6.92. The maximum absolute atomic E-state index is 13.3. The minimum atomic E-state index is -0.538. The molecule has 0 bridgehead atoms. The summed E-state index contributed by atoms with van der Waals surface area (Å²) in [6.07, 6.45) is 1.74. The summed E-state index contributed by atoms with van der Waals surface area (Å²) in [6.45, 7) is 9.08. The number of allylic oxidation sites excluding steroid dienone is 1. The van der Waals surface area contributed by atoms with Crippen LogP contribution in [0.15, 0.2) is 58.9 Å². The minimum Gasteiger partial charge on any atom is -0.490 e. The van der Waals surface area contributed by atoms with E-state index in [0.717, 1.165) is 29.7 Å². The number of carbonyl (C=O) groups is 1. The largest absolute Gasteiger partial charge is 0.490 e. The molecule has 2 heterocycles. The topological polar surface area (TPSA) is 87.5 Å². The Balaban J connectivity index is 1.70. The number of thioether (sulfide) groups is 1. The summed E-state index contributed by atoms with van der Waals surface area (Å²) in [5.74, 6) is 2.22. The van der Waals surface area contributed by atoms with E-state index in [4.69, 9.17) is 30.9 Å². The minimum absolute atomic E-state index is 0.363. The number of nitrogens with zero attached hydrogens (tertiary/aromatic N) is 3. The predicted octanol–water partition coefficient (Wildman–Crippen LogP) is 6.65. The monoisotopic (exact) mass is 556 g/mol. The average Bonchev–Trinajstić information content (AvgIpc) is 3.30. The summed E-state index contributed by atoms with van der Waals surface area (Å²) < 4.78 is 19.5. The van der Waals surface area contributed by atoms with Crippen molar-refractivity contribution in [3.63, 3.8) is 0 Å². The lowest BCUT2D eigenvalue weighted by Crippen LogP contribution is -2.30. The average molecular weight is 557 g/mol. The Hall–Kier alpha value is -3.17. The third kappa shape index (κ3) is 6.45. The van der Waals surface area contributed by atoms with Crippen molar-refractivity contribution in [1.29, 1.82) is 0 Å². The first-order chi connectivity index (χ1) is 18.4. The molecule has 1 unspecified atom stereocenters. The van der Waals surface area contributed by atoms with Gasteiger partial charge in [0.05, 0.1) is 18.8 Å². The second-order valence-corrected chi connectivity index (χ2v) is 10.4. The Kier molecular flexibility index (Phi) is 9.58. The second-order valence-electron chi connectivity index (χ2n) is 8.71. The fraction of sp³-hybridized carbons (Fsp3) is 0.393. The molecule has 1 aromatic heterocycles. The van der Waals surface area contributed by atoms with E-state index >= 15 is 0 Å². The van der Waals surface area contributed by atoms with E-state index in [1.807, 2.05) is 63.2 Å². The normalized spacial score (nSPS) is 14.6. The SMILES string of the molecule is CCCCOC(=O)C1=C(C)Nc2nc(SCC)nn2C1c1ccc(OCc2ccc(Cl)cc2)c(OCC)c1. The molecule has 1 aliphatic heterocycles. The quantitative estimate of drug-likeness (QED) is 0.151. The van der Waals surface area contributed by atoms with Crippen molar-refractivity contribution >= 4 is 35.3 Å². The standard InChI is InChI=1S/C28H33ClN4O4S/c1-5-8-15-36-26(34)24-18(4)30-27-31-28(38-7-3)32-33(27)25(24)20-11-14-22(23(16-20)35-6-2)37-17-19-9-12-21(29)13-10-19/h9-14,16,25H,5-8,15,17H2,1-4H3,(H,30,31,32). The van der Waals surface area contributed by atoms with Gasteiger partial charge in [0.15, 0.2) is 11.5 Å². The number of anilines is 1. The van der Waals surface area contributed by atoms with E-state index in [-0.39, 0.29) is 5.97 Å². The first kappa shape index (κ1) is 27.9. The van der Waals surface area contributed by atoms with Gasteiger partial charge in [-0.1, -0.05) is 61.8 Å². The zero-order valence-electron chi connectivity index (χ0n) is 22.1. The number of unbranched alkanes of at least 4 members (excludes halogenated alkanes) is 1. The van der Waals surface area contributed by atoms with Crippen molar-refractivity contribution in [2.45, 2.75) is 58.3 Å². The molecular formula is C28H33ClN4O4S. The van der Waals surface area contributed by atoms with Gasteiger partial charge in [-0.2, -0.15) is 4.98 Å². The predicted molar refractivity (Wildman–Crippen MR) is 150 cm³/mol. The molecule has 3 aromatic rings. The molecule has 1 aliphatic rings. The van der Waals surface area contributed by atoms with Crippen molar-refractivity contribution in [2.75, 3.05) is 24.3 Å². The van der Waals surface area contributed by atoms with Crippen LogP contribution in [0.25, 0.3) is 0 Å². The van der Waals surface area contributed by atoms with Gasteiger partial charge < -0.3 is 19.5 Å². The summed E-state index contributed by atoms with van der Waals surface area (Å²) in [4.78, 5) is 18.0. The molecule has 0 aliphatic carbocycles. The van der Waals surface area contributed by atoms with Gasteiger partial charge in [-0.25, -0.2) is 9.48 Å². The fourth-order valence-corrected chi connectivity index (χ4v) is 4.79. The van der Waals surface area contributed by atoms with E-state index in [0.29, 0.717) is 58.7 Å². The highest BCUT2D eigenvalue weighted by molar-refractivity contribution is 7.99. The number of hydrogen-bond acceptors (Lipinski definition) is 8. The van der Waals surface area contributed by atoms with E-state index < -0.39 is 6.04 Å². The molecular weight excluding hydrogens is 524 g/mol. The molecule has 0 fully saturated rings. The number of halogens is 1. The maximum atomic E-state index is 13.3. The lowest BCUT2D eigenvalue weighted by atomic mass is 9.95. The van der Waals surface area contributed by atoms with Crippen LogP contribution in [0.5, 0.6) is 11.5 Å². The number of esters is 1. The van der Waals surface area contributed by atoms with Gasteiger partial charge in [-0.05, 0) is 61.4 Å². The van der Waals surface area contributed by atoms with Crippen molar-refractivity contribution < 1.29 is 19.0 Å². The van der Waals surface area contributed by atoms with Gasteiger partial charge in [0.1, 0.15) is 12.6 Å². The Morgan fingerprint density at radius 2 is 1.89 bits per heavy atom. The van der Waals surface area contributed by atoms with Crippen LogP contribution in [0.2, 0.25) is 5.02 Å². The van der Waals surface area contributed by atoms with Crippen LogP contribution in [0.1, 0.15) is 57.7 Å². The van der Waals surface area contributed by atoms with E-state index in [1.165, 1.54) is 0 Å². The highest BCUT2D eigenvalue weighted by Gasteiger charge is 2.35. The number of fused-ring (bicyclic) bond motifs is 1. The lowest BCUT2D eigenvalue weighted by molar-refractivity contribution is -0.139. The van der Waals surface area contributed by atoms with E-state index in [1.54, 1.807) is 16.4 Å². The Morgan fingerprint density at radius 1 is 1.11 bits per heavy atom. The molecule has 1 atom stereocenters. The van der Waals surface area contributed by atoms with Gasteiger partial charge in [0.2, 0.25) is 11.1 Å². The van der Waals surface area contributed by atoms with Crippen LogP contribution in [0, 0.1) is 0 Å². The van der Waals surface area contributed by atoms with Gasteiger partial charge >= 0.3 is 5.97 Å². The van der Waals surface area contributed by atoms with Crippen molar-refractivity contribution in [2.24, 2.45) is 0 Å². The summed E-state index contributed by atoms with van der Waals surface area (Å²) in [5, 5.41) is 9.28. The van der Waals surface area contributed by atoms with Crippen molar-refractivity contribution in [3.8, 4) is 11.5 Å². The van der Waals surface area contributed by atoms with Crippen LogP contribution in [-0.2, 0) is 16.1 Å². The molecule has 202 valence electrons. The van der Waals surface area contributed by atoms with Crippen molar-refractivity contribution in [1.82, 2.24) is 14.8 Å². The number of benzene rings is 2. The first-order valence-electron chi connectivity index (χ1n) is 12.8. The highest BCUT2D eigenvalue weighted by atomic mass is 35.5. The Morgan fingerprint density at radius 3 is 2.61 bits per heavy atom. The Bertz CT molecular complexity index is 1290. The van der Waals surface area contributed by atoms with Crippen LogP contribution < -0.4 is 14.8 Å². The van der Waals surface area contributed by atoms with Crippen molar-refractivity contribution in [3.05, 3.63) is 69.9 Å². The fourth-order valence-electron chi connectivity index (χ4n) is 4.11. The molecule has 0 amide bonds. The molecule has 2 aromatic carbocycles. The van der Waals surface area contributed by atoms with Crippen LogP contribution in [0.4, 0.5) is 5.95 Å². The summed E-state index contributed by atoms with van der Waals surface area (Å²) in [5.41, 5.74) is 2.98. The maximum Gasteiger partial charge on any atom is 0.338 e. The summed E-state index contributed by atoms with van der Waals surface area (Å²) >= 11 is 7.55. The second kappa shape index (κ2) is 13.1. The number of rotatable bonds is 12. The first-order valence-corrected chi connectivity index (χ1v) is 14.2. The van der Waals surface area contributed by atoms with E-state index in [2.05, 4.69) is 17.2 Å². The third-order valence-electron chi connectivity index (χ3n) is 5.95. The van der Waals surface area contributed by atoms with Crippen LogP contribution >= 0.6 is 23.4 Å². The van der Waals surface area contributed by atoms with Gasteiger partial charge in [0.25, 0.3) is 0 Å². The molecule has 0 saturated heterocycles. The molecule has 1 N–H and O–H groups in total. The Labute approximate surface area is 232 Å². The molecule has 0 spiro atoms. The summed E-state index contributed by atoms with van der Waals surface area (Å²) in [7, 11) is 0. The molecule has 4 rings (SSSR count). The molecule has 0 saturated carbocycles. The highest BCUT2D eigenvalue weighted by Crippen LogP contribution is 2.40. The molecule has 10 heteroatoms. The molecule has 38 heavy (non-hydrogen) atoms. The number of aromatic nitrogens is 3. The van der Waals surface area contributed by atoms with Gasteiger partial charge in [-0.3, -0.25) is 0 Å². The zero-order valence-corrected chi connectivity index (χ0v) is 23.7. The van der Waals surface area contributed by atoms with Crippen LogP contribution in [0.3, 0.4) is 0 Å². The number of nitrogens with one attached hydrogen (secondary N) is 1. The smallest absolute Gasteiger partial charge is 0.338 e. The number of hydrogen-bond donors (Lipinski definition) is 1. The zero-order chi connectivity index (χ0) is 27.1. The lowest BCUT2D eigenvalue weighted by Gasteiger charge is -2.28. The van der Waals surface area contributed by atoms with Crippen LogP contribution in [-0.4, -0.2) is 39.7 Å². The molecule has 8 nitrogen and oxygen atoms in total.